The molecule has 0 saturated heterocycles. The van der Waals surface area contributed by atoms with Gasteiger partial charge in [-0.2, -0.15) is 5.26 Å². The Morgan fingerprint density at radius 3 is 2.73 bits per heavy atom. The first kappa shape index (κ1) is 11.6. The van der Waals surface area contributed by atoms with Gasteiger partial charge < -0.3 is 10.8 Å². The Morgan fingerprint density at radius 1 is 1.73 bits per heavy atom. The van der Waals surface area contributed by atoms with Crippen LogP contribution in [0.3, 0.4) is 0 Å². The normalized spacial score (nSPS) is 11.1. The first-order valence-corrected chi connectivity index (χ1v) is 5.06. The van der Waals surface area contributed by atoms with E-state index >= 15 is 0 Å². The van der Waals surface area contributed by atoms with E-state index in [1.165, 1.54) is 13.0 Å². The first-order valence-electron chi connectivity index (χ1n) is 3.86. The predicted octanol–water partition coefficient (Wildman–Crippen LogP) is 2.34. The van der Waals surface area contributed by atoms with E-state index in [0.29, 0.717) is 9.88 Å². The summed E-state index contributed by atoms with van der Waals surface area (Å²) < 4.78 is 0. The number of aliphatic carboxylic acids is 1. The third-order valence-corrected chi connectivity index (χ3v) is 3.17. The molecule has 0 aliphatic carbocycles. The molecular formula is C9H7ClN2O2S. The monoisotopic (exact) mass is 242 g/mol. The van der Waals surface area contributed by atoms with Gasteiger partial charge in [-0.3, -0.25) is 0 Å². The molecule has 1 aromatic rings. The number of nitrogens with two attached hydrogens (primary N) is 1. The molecule has 6 heteroatoms. The van der Waals surface area contributed by atoms with E-state index in [4.69, 9.17) is 27.7 Å². The van der Waals surface area contributed by atoms with Crippen molar-refractivity contribution in [3.05, 3.63) is 21.0 Å². The van der Waals surface area contributed by atoms with E-state index in [1.54, 1.807) is 0 Å². The number of carboxylic acids is 1. The Morgan fingerprint density at radius 2 is 2.33 bits per heavy atom. The molecule has 0 aliphatic rings. The average Bonchev–Trinajstić information content (AvgIpc) is 2.41. The van der Waals surface area contributed by atoms with Gasteiger partial charge in [0.15, 0.2) is 0 Å². The van der Waals surface area contributed by atoms with Crippen molar-refractivity contribution in [1.29, 1.82) is 5.26 Å². The lowest BCUT2D eigenvalue weighted by Crippen LogP contribution is -1.94. The topological polar surface area (TPSA) is 87.1 Å². The highest BCUT2D eigenvalue weighted by atomic mass is 35.5. The van der Waals surface area contributed by atoms with Gasteiger partial charge in [0.05, 0.1) is 5.02 Å². The second-order valence-corrected chi connectivity index (χ2v) is 4.23. The summed E-state index contributed by atoms with van der Waals surface area (Å²) in [5.41, 5.74) is 5.88. The smallest absolute Gasteiger partial charge is 0.331 e. The third-order valence-electron chi connectivity index (χ3n) is 1.70. The maximum absolute atomic E-state index is 10.6. The highest BCUT2D eigenvalue weighted by molar-refractivity contribution is 7.17. The van der Waals surface area contributed by atoms with E-state index in [9.17, 15) is 4.79 Å². The van der Waals surface area contributed by atoms with Gasteiger partial charge in [-0.1, -0.05) is 11.6 Å². The van der Waals surface area contributed by atoms with Gasteiger partial charge in [-0.05, 0) is 13.0 Å². The second kappa shape index (κ2) is 4.34. The molecule has 0 atom stereocenters. The van der Waals surface area contributed by atoms with Crippen molar-refractivity contribution in [2.24, 2.45) is 0 Å². The van der Waals surface area contributed by atoms with Crippen LogP contribution in [0.2, 0.25) is 5.02 Å². The number of hydrogen-bond acceptors (Lipinski definition) is 4. The fourth-order valence-electron chi connectivity index (χ4n) is 0.901. The molecular weight excluding hydrogens is 236 g/mol. The van der Waals surface area contributed by atoms with Gasteiger partial charge in [0, 0.05) is 10.5 Å². The number of carboxylic acid groups (broad SMARTS) is 1. The van der Waals surface area contributed by atoms with Gasteiger partial charge in [-0.25, -0.2) is 4.79 Å². The molecule has 0 spiro atoms. The number of hydrogen-bond donors (Lipinski definition) is 2. The summed E-state index contributed by atoms with van der Waals surface area (Å²) in [6, 6.07) is 1.86. The molecule has 0 radical (unpaired) electrons. The van der Waals surface area contributed by atoms with Crippen LogP contribution < -0.4 is 5.73 Å². The van der Waals surface area contributed by atoms with Gasteiger partial charge in [0.25, 0.3) is 0 Å². The van der Waals surface area contributed by atoms with Crippen LogP contribution in [0.5, 0.6) is 0 Å². The number of rotatable bonds is 2. The maximum Gasteiger partial charge on any atom is 0.331 e. The summed E-state index contributed by atoms with van der Waals surface area (Å²) in [4.78, 5) is 11.1. The zero-order chi connectivity index (χ0) is 11.6. The number of nitrogens with zero attached hydrogens (tertiary/aromatic N) is 1. The van der Waals surface area contributed by atoms with Crippen molar-refractivity contribution in [1.82, 2.24) is 0 Å². The summed E-state index contributed by atoms with van der Waals surface area (Å²) >= 11 is 6.94. The first-order chi connectivity index (χ1) is 6.97. The number of nitriles is 1. The fourth-order valence-corrected chi connectivity index (χ4v) is 2.19. The largest absolute Gasteiger partial charge is 0.478 e. The minimum Gasteiger partial charge on any atom is -0.478 e. The minimum atomic E-state index is -1.03. The molecule has 0 unspecified atom stereocenters. The van der Waals surface area contributed by atoms with Gasteiger partial charge in [0.2, 0.25) is 0 Å². The standard InChI is InChI=1S/C9H7ClN2O2S/c1-4(9(13)14)2-6-7(10)5(3-11)8(12)15-6/h2H,12H2,1H3,(H,13,14)/b4-2+. The van der Waals surface area contributed by atoms with E-state index < -0.39 is 5.97 Å². The Kier molecular flexibility index (Phi) is 3.35. The number of thiophene rings is 1. The molecule has 15 heavy (non-hydrogen) atoms. The zero-order valence-electron chi connectivity index (χ0n) is 7.74. The number of halogens is 1. The molecule has 0 bridgehead atoms. The van der Waals surface area contributed by atoms with Gasteiger partial charge >= 0.3 is 5.97 Å². The van der Waals surface area contributed by atoms with Gasteiger partial charge in [-0.15, -0.1) is 11.3 Å². The van der Waals surface area contributed by atoms with Crippen molar-refractivity contribution in [3.8, 4) is 6.07 Å². The Balaban J connectivity index is 3.25. The Bertz CT molecular complexity index is 485. The van der Waals surface area contributed by atoms with Crippen LogP contribution in [0, 0.1) is 11.3 Å². The summed E-state index contributed by atoms with van der Waals surface area (Å²) in [5.74, 6) is -1.03. The van der Waals surface area contributed by atoms with E-state index in [2.05, 4.69) is 0 Å². The maximum atomic E-state index is 10.6. The SMILES string of the molecule is C/C(=C\c1sc(N)c(C#N)c1Cl)C(=O)O. The van der Waals surface area contributed by atoms with Crippen LogP contribution in [0.15, 0.2) is 5.57 Å². The molecule has 78 valence electrons. The molecule has 0 aliphatic heterocycles. The lowest BCUT2D eigenvalue weighted by molar-refractivity contribution is -0.132. The summed E-state index contributed by atoms with van der Waals surface area (Å²) in [6.45, 7) is 1.45. The van der Waals surface area contributed by atoms with Crippen molar-refractivity contribution in [3.63, 3.8) is 0 Å². The number of carbonyl (C=O) groups is 1. The molecule has 4 nitrogen and oxygen atoms in total. The van der Waals surface area contributed by atoms with Crippen molar-refractivity contribution < 1.29 is 9.90 Å². The third kappa shape index (κ3) is 2.29. The molecule has 0 aromatic carbocycles. The van der Waals surface area contributed by atoms with E-state index in [1.807, 2.05) is 6.07 Å². The molecule has 1 heterocycles. The highest BCUT2D eigenvalue weighted by Gasteiger charge is 2.13. The summed E-state index contributed by atoms with van der Waals surface area (Å²) in [5, 5.41) is 17.9. The van der Waals surface area contributed by atoms with Crippen LogP contribution in [-0.2, 0) is 4.79 Å². The fraction of sp³-hybridized carbons (Fsp3) is 0.111. The molecule has 0 amide bonds. The van der Waals surface area contributed by atoms with Crippen LogP contribution in [0.4, 0.5) is 5.00 Å². The Hall–Kier alpha value is -1.51. The zero-order valence-corrected chi connectivity index (χ0v) is 9.32. The molecule has 0 fully saturated rings. The lowest BCUT2D eigenvalue weighted by Gasteiger charge is -1.91. The lowest BCUT2D eigenvalue weighted by atomic mass is 10.2. The molecule has 1 aromatic heterocycles. The number of nitrogen functional groups attached to an aromatic ring is 1. The van der Waals surface area contributed by atoms with Crippen molar-refractivity contribution in [2.45, 2.75) is 6.92 Å². The summed E-state index contributed by atoms with van der Waals surface area (Å²) in [7, 11) is 0. The minimum absolute atomic E-state index is 0.141. The van der Waals surface area contributed by atoms with Crippen LogP contribution in [0.1, 0.15) is 17.4 Å². The summed E-state index contributed by atoms with van der Waals surface area (Å²) in [6.07, 6.45) is 1.40. The predicted molar refractivity (Wildman–Crippen MR) is 59.7 cm³/mol. The quantitative estimate of drug-likeness (QED) is 0.780. The van der Waals surface area contributed by atoms with Gasteiger partial charge in [0.1, 0.15) is 16.6 Å². The molecule has 1 rings (SSSR count). The van der Waals surface area contributed by atoms with E-state index in [-0.39, 0.29) is 16.2 Å². The van der Waals surface area contributed by atoms with Crippen LogP contribution >= 0.6 is 22.9 Å². The van der Waals surface area contributed by atoms with Crippen LogP contribution in [0.25, 0.3) is 6.08 Å². The van der Waals surface area contributed by atoms with E-state index in [0.717, 1.165) is 11.3 Å². The number of anilines is 1. The highest BCUT2D eigenvalue weighted by Crippen LogP contribution is 2.35. The molecule has 0 saturated carbocycles. The van der Waals surface area contributed by atoms with Crippen molar-refractivity contribution in [2.75, 3.05) is 5.73 Å². The van der Waals surface area contributed by atoms with Crippen molar-refractivity contribution >= 4 is 40.0 Å². The Labute approximate surface area is 95.2 Å². The average molecular weight is 243 g/mol. The second-order valence-electron chi connectivity index (χ2n) is 2.76. The molecule has 3 N–H and O–H groups in total. The van der Waals surface area contributed by atoms with Crippen LogP contribution in [-0.4, -0.2) is 11.1 Å².